The average Bonchev–Trinajstić information content (AvgIpc) is 2.43. The summed E-state index contributed by atoms with van der Waals surface area (Å²) in [6, 6.07) is 8.26. The molecule has 18 heavy (non-hydrogen) atoms. The second kappa shape index (κ2) is 6.81. The molecule has 0 spiro atoms. The van der Waals surface area contributed by atoms with Gasteiger partial charge in [-0.2, -0.15) is 0 Å². The van der Waals surface area contributed by atoms with E-state index in [-0.39, 0.29) is 11.2 Å². The fraction of sp³-hybridized carbons (Fsp3) is 0.500. The number of hydrogen-bond donors (Lipinski definition) is 2. The van der Waals surface area contributed by atoms with Gasteiger partial charge in [-0.25, -0.2) is 0 Å². The number of nitrogens with two attached hydrogens (primary N) is 1. The predicted molar refractivity (Wildman–Crippen MR) is 76.6 cm³/mol. The van der Waals surface area contributed by atoms with Crippen LogP contribution in [0.25, 0.3) is 0 Å². The molecule has 1 aliphatic heterocycles. The topological polar surface area (TPSA) is 55.1 Å². The van der Waals surface area contributed by atoms with Gasteiger partial charge < -0.3 is 11.1 Å². The lowest BCUT2D eigenvalue weighted by atomic mass is 10.0. The molecule has 1 atom stereocenters. The van der Waals surface area contributed by atoms with Crippen molar-refractivity contribution in [3.63, 3.8) is 0 Å². The van der Waals surface area contributed by atoms with E-state index < -0.39 is 0 Å². The van der Waals surface area contributed by atoms with Crippen molar-refractivity contribution >= 4 is 17.7 Å². The van der Waals surface area contributed by atoms with Crippen molar-refractivity contribution in [2.75, 3.05) is 18.8 Å². The molecule has 3 nitrogen and oxygen atoms in total. The van der Waals surface area contributed by atoms with E-state index >= 15 is 0 Å². The third kappa shape index (κ3) is 3.27. The summed E-state index contributed by atoms with van der Waals surface area (Å²) < 4.78 is 0. The van der Waals surface area contributed by atoms with Crippen molar-refractivity contribution in [2.24, 2.45) is 5.73 Å². The first-order chi connectivity index (χ1) is 8.83. The van der Waals surface area contributed by atoms with E-state index in [4.69, 9.17) is 5.73 Å². The van der Waals surface area contributed by atoms with Crippen LogP contribution in [0.2, 0.25) is 0 Å². The Morgan fingerprint density at radius 3 is 3.06 bits per heavy atom. The van der Waals surface area contributed by atoms with Crippen LogP contribution < -0.4 is 11.1 Å². The Kier molecular flexibility index (Phi) is 5.08. The molecule has 0 aromatic heterocycles. The van der Waals surface area contributed by atoms with Crippen molar-refractivity contribution in [1.29, 1.82) is 0 Å². The molecule has 0 fully saturated rings. The Balaban J connectivity index is 1.95. The molecule has 0 saturated carbocycles. The summed E-state index contributed by atoms with van der Waals surface area (Å²) in [7, 11) is 0. The highest BCUT2D eigenvalue weighted by Gasteiger charge is 2.26. The molecule has 1 amide bonds. The Bertz CT molecular complexity index is 409. The van der Waals surface area contributed by atoms with Gasteiger partial charge in [0, 0.05) is 6.54 Å². The summed E-state index contributed by atoms with van der Waals surface area (Å²) in [5.41, 5.74) is 7.94. The number of fused-ring (bicyclic) bond motifs is 1. The van der Waals surface area contributed by atoms with Gasteiger partial charge in [-0.3, -0.25) is 4.79 Å². The molecule has 1 unspecified atom stereocenters. The SMILES string of the molecule is NCCCCNC(=O)C1SCCc2ccccc21. The van der Waals surface area contributed by atoms with Crippen molar-refractivity contribution < 1.29 is 4.79 Å². The lowest BCUT2D eigenvalue weighted by Crippen LogP contribution is -2.31. The van der Waals surface area contributed by atoms with E-state index in [9.17, 15) is 4.79 Å². The molecule has 0 aliphatic carbocycles. The van der Waals surface area contributed by atoms with Gasteiger partial charge in [0.1, 0.15) is 5.25 Å². The Labute approximate surface area is 113 Å². The number of aryl methyl sites for hydroxylation is 1. The number of carbonyl (C=O) groups is 1. The number of carbonyl (C=O) groups excluding carboxylic acids is 1. The Morgan fingerprint density at radius 2 is 2.22 bits per heavy atom. The minimum Gasteiger partial charge on any atom is -0.355 e. The number of benzene rings is 1. The van der Waals surface area contributed by atoms with Crippen LogP contribution in [0.1, 0.15) is 29.2 Å². The number of thioether (sulfide) groups is 1. The molecule has 2 rings (SSSR count). The first-order valence-corrected chi connectivity index (χ1v) is 7.55. The Hall–Kier alpha value is -1.00. The molecule has 3 N–H and O–H groups in total. The molecule has 1 heterocycles. The molecule has 4 heteroatoms. The fourth-order valence-corrected chi connectivity index (χ4v) is 3.40. The summed E-state index contributed by atoms with van der Waals surface area (Å²) in [5.74, 6) is 1.17. The van der Waals surface area contributed by atoms with Gasteiger partial charge in [0.25, 0.3) is 0 Å². The average molecular weight is 264 g/mol. The van der Waals surface area contributed by atoms with Gasteiger partial charge in [0.15, 0.2) is 0 Å². The molecule has 0 radical (unpaired) electrons. The van der Waals surface area contributed by atoms with Crippen LogP contribution >= 0.6 is 11.8 Å². The number of unbranched alkanes of at least 4 members (excludes halogenated alkanes) is 1. The number of hydrogen-bond acceptors (Lipinski definition) is 3. The van der Waals surface area contributed by atoms with Gasteiger partial charge >= 0.3 is 0 Å². The summed E-state index contributed by atoms with van der Waals surface area (Å²) in [6.45, 7) is 1.42. The van der Waals surface area contributed by atoms with Crippen molar-refractivity contribution in [2.45, 2.75) is 24.5 Å². The van der Waals surface area contributed by atoms with Crippen molar-refractivity contribution in [1.82, 2.24) is 5.32 Å². The number of nitrogens with one attached hydrogen (secondary N) is 1. The van der Waals surface area contributed by atoms with Crippen LogP contribution in [-0.2, 0) is 11.2 Å². The van der Waals surface area contributed by atoms with Crippen LogP contribution in [0.15, 0.2) is 24.3 Å². The first kappa shape index (κ1) is 13.4. The van der Waals surface area contributed by atoms with E-state index in [1.54, 1.807) is 11.8 Å². The normalized spacial score (nSPS) is 18.2. The zero-order valence-electron chi connectivity index (χ0n) is 10.5. The van der Waals surface area contributed by atoms with E-state index in [2.05, 4.69) is 17.4 Å². The van der Waals surface area contributed by atoms with E-state index in [0.29, 0.717) is 6.54 Å². The largest absolute Gasteiger partial charge is 0.355 e. The highest BCUT2D eigenvalue weighted by Crippen LogP contribution is 2.36. The summed E-state index contributed by atoms with van der Waals surface area (Å²) >= 11 is 1.74. The molecule has 0 saturated heterocycles. The minimum atomic E-state index is -0.0344. The maximum Gasteiger partial charge on any atom is 0.237 e. The molecule has 98 valence electrons. The maximum absolute atomic E-state index is 12.2. The van der Waals surface area contributed by atoms with Gasteiger partial charge in [-0.1, -0.05) is 24.3 Å². The second-order valence-corrected chi connectivity index (χ2v) is 5.70. The zero-order valence-corrected chi connectivity index (χ0v) is 11.3. The molecular formula is C14H20N2OS. The lowest BCUT2D eigenvalue weighted by Gasteiger charge is -2.24. The van der Waals surface area contributed by atoms with Crippen LogP contribution in [0, 0.1) is 0 Å². The Morgan fingerprint density at radius 1 is 1.39 bits per heavy atom. The van der Waals surface area contributed by atoms with Gasteiger partial charge in [0.05, 0.1) is 0 Å². The molecule has 0 bridgehead atoms. The van der Waals surface area contributed by atoms with Crippen LogP contribution in [0.3, 0.4) is 0 Å². The quantitative estimate of drug-likeness (QED) is 0.798. The molecular weight excluding hydrogens is 244 g/mol. The second-order valence-electron chi connectivity index (χ2n) is 4.49. The summed E-state index contributed by atoms with van der Waals surface area (Å²) in [6.07, 6.45) is 2.99. The first-order valence-electron chi connectivity index (χ1n) is 6.50. The zero-order chi connectivity index (χ0) is 12.8. The van der Waals surface area contributed by atoms with E-state index in [1.807, 2.05) is 12.1 Å². The highest BCUT2D eigenvalue weighted by molar-refractivity contribution is 8.00. The third-order valence-corrected chi connectivity index (χ3v) is 4.40. The standard InChI is InChI=1S/C14H20N2OS/c15-8-3-4-9-16-14(17)13-12-6-2-1-5-11(12)7-10-18-13/h1-2,5-6,13H,3-4,7-10,15H2,(H,16,17). The summed E-state index contributed by atoms with van der Waals surface area (Å²) in [4.78, 5) is 12.2. The molecule has 1 aromatic carbocycles. The predicted octanol–water partition coefficient (Wildman–Crippen LogP) is 1.87. The van der Waals surface area contributed by atoms with Gasteiger partial charge in [-0.05, 0) is 42.7 Å². The van der Waals surface area contributed by atoms with Crippen LogP contribution in [-0.4, -0.2) is 24.7 Å². The third-order valence-electron chi connectivity index (χ3n) is 3.16. The van der Waals surface area contributed by atoms with Crippen molar-refractivity contribution in [3.8, 4) is 0 Å². The number of amides is 1. The lowest BCUT2D eigenvalue weighted by molar-refractivity contribution is -0.120. The smallest absolute Gasteiger partial charge is 0.237 e. The van der Waals surface area contributed by atoms with Crippen LogP contribution in [0.5, 0.6) is 0 Å². The minimum absolute atomic E-state index is 0.0344. The monoisotopic (exact) mass is 264 g/mol. The molecule has 1 aliphatic rings. The molecule has 1 aromatic rings. The maximum atomic E-state index is 12.2. The van der Waals surface area contributed by atoms with Gasteiger partial charge in [-0.15, -0.1) is 11.8 Å². The van der Waals surface area contributed by atoms with Gasteiger partial charge in [0.2, 0.25) is 5.91 Å². The van der Waals surface area contributed by atoms with Crippen molar-refractivity contribution in [3.05, 3.63) is 35.4 Å². The van der Waals surface area contributed by atoms with Crippen LogP contribution in [0.4, 0.5) is 0 Å². The summed E-state index contributed by atoms with van der Waals surface area (Å²) in [5, 5.41) is 2.98. The van der Waals surface area contributed by atoms with E-state index in [1.165, 1.54) is 11.1 Å². The highest BCUT2D eigenvalue weighted by atomic mass is 32.2. The van der Waals surface area contributed by atoms with E-state index in [0.717, 1.165) is 31.6 Å². The number of rotatable bonds is 5. The fourth-order valence-electron chi connectivity index (χ4n) is 2.18.